The Morgan fingerprint density at radius 3 is 2.69 bits per heavy atom. The second-order valence-corrected chi connectivity index (χ2v) is 5.79. The molecule has 94 valence electrons. The summed E-state index contributed by atoms with van der Waals surface area (Å²) >= 11 is 0. The summed E-state index contributed by atoms with van der Waals surface area (Å²) < 4.78 is 5.61. The highest BCUT2D eigenvalue weighted by atomic mass is 16.5. The molecule has 0 aromatic carbocycles. The van der Waals surface area contributed by atoms with Crippen molar-refractivity contribution in [2.75, 3.05) is 46.4 Å². The fourth-order valence-corrected chi connectivity index (χ4v) is 3.04. The third kappa shape index (κ3) is 2.96. The summed E-state index contributed by atoms with van der Waals surface area (Å²) in [6, 6.07) is 0. The van der Waals surface area contributed by atoms with E-state index in [0.29, 0.717) is 5.41 Å². The van der Waals surface area contributed by atoms with Gasteiger partial charge in [-0.2, -0.15) is 0 Å². The smallest absolute Gasteiger partial charge is 0.0547 e. The Labute approximate surface area is 99.5 Å². The number of piperidine rings is 1. The van der Waals surface area contributed by atoms with E-state index in [1.54, 1.807) is 0 Å². The molecule has 0 spiro atoms. The monoisotopic (exact) mass is 226 g/mol. The molecule has 3 heteroatoms. The van der Waals surface area contributed by atoms with Gasteiger partial charge in [0.05, 0.1) is 6.61 Å². The number of hydrogen-bond acceptors (Lipinski definition) is 3. The zero-order valence-corrected chi connectivity index (χ0v) is 10.8. The van der Waals surface area contributed by atoms with Gasteiger partial charge in [0.15, 0.2) is 0 Å². The Bertz CT molecular complexity index is 206. The molecule has 2 fully saturated rings. The molecule has 0 bridgehead atoms. The average Bonchev–Trinajstić information content (AvgIpc) is 2.71. The van der Waals surface area contributed by atoms with Crippen molar-refractivity contribution >= 4 is 0 Å². The number of rotatable bonds is 4. The van der Waals surface area contributed by atoms with Gasteiger partial charge in [-0.05, 0) is 45.3 Å². The SMILES string of the molecule is CNCC1(CN2CCC(C)CC2)CCOC1. The molecule has 1 atom stereocenters. The second kappa shape index (κ2) is 5.48. The van der Waals surface area contributed by atoms with Crippen LogP contribution in [0.2, 0.25) is 0 Å². The van der Waals surface area contributed by atoms with Crippen molar-refractivity contribution in [1.82, 2.24) is 10.2 Å². The van der Waals surface area contributed by atoms with Crippen LogP contribution in [0.25, 0.3) is 0 Å². The number of likely N-dealkylation sites (tertiary alicyclic amines) is 1. The summed E-state index contributed by atoms with van der Waals surface area (Å²) in [6.45, 7) is 9.16. The lowest BCUT2D eigenvalue weighted by Crippen LogP contribution is -2.46. The van der Waals surface area contributed by atoms with Crippen molar-refractivity contribution < 1.29 is 4.74 Å². The van der Waals surface area contributed by atoms with Crippen LogP contribution in [0.15, 0.2) is 0 Å². The second-order valence-electron chi connectivity index (χ2n) is 5.79. The van der Waals surface area contributed by atoms with Crippen molar-refractivity contribution in [3.63, 3.8) is 0 Å². The number of hydrogen-bond donors (Lipinski definition) is 1. The summed E-state index contributed by atoms with van der Waals surface area (Å²) in [5.74, 6) is 0.927. The van der Waals surface area contributed by atoms with Gasteiger partial charge in [-0.15, -0.1) is 0 Å². The van der Waals surface area contributed by atoms with Crippen molar-refractivity contribution in [2.45, 2.75) is 26.2 Å². The van der Waals surface area contributed by atoms with E-state index in [-0.39, 0.29) is 0 Å². The van der Waals surface area contributed by atoms with Crippen molar-refractivity contribution in [2.24, 2.45) is 11.3 Å². The van der Waals surface area contributed by atoms with Gasteiger partial charge in [-0.1, -0.05) is 6.92 Å². The minimum Gasteiger partial charge on any atom is -0.381 e. The minimum absolute atomic E-state index is 0.384. The minimum atomic E-state index is 0.384. The van der Waals surface area contributed by atoms with Gasteiger partial charge in [-0.25, -0.2) is 0 Å². The summed E-state index contributed by atoms with van der Waals surface area (Å²) in [7, 11) is 2.05. The Morgan fingerprint density at radius 2 is 2.12 bits per heavy atom. The molecule has 2 saturated heterocycles. The van der Waals surface area contributed by atoms with Gasteiger partial charge in [-0.3, -0.25) is 0 Å². The lowest BCUT2D eigenvalue weighted by Gasteiger charge is -2.37. The van der Waals surface area contributed by atoms with E-state index in [0.717, 1.165) is 25.7 Å². The Kier molecular flexibility index (Phi) is 4.22. The topological polar surface area (TPSA) is 24.5 Å². The zero-order chi connectivity index (χ0) is 11.4. The number of ether oxygens (including phenoxy) is 1. The molecule has 2 aliphatic heterocycles. The van der Waals surface area contributed by atoms with Gasteiger partial charge >= 0.3 is 0 Å². The lowest BCUT2D eigenvalue weighted by atomic mass is 9.85. The molecule has 16 heavy (non-hydrogen) atoms. The third-order valence-electron chi connectivity index (χ3n) is 4.17. The predicted octanol–water partition coefficient (Wildman–Crippen LogP) is 1.34. The maximum Gasteiger partial charge on any atom is 0.0547 e. The first kappa shape index (κ1) is 12.3. The fourth-order valence-electron chi connectivity index (χ4n) is 3.04. The molecular weight excluding hydrogens is 200 g/mol. The van der Waals surface area contributed by atoms with E-state index in [9.17, 15) is 0 Å². The van der Waals surface area contributed by atoms with Crippen LogP contribution in [0, 0.1) is 11.3 Å². The van der Waals surface area contributed by atoms with Crippen LogP contribution in [0.5, 0.6) is 0 Å². The van der Waals surface area contributed by atoms with Crippen LogP contribution >= 0.6 is 0 Å². The summed E-state index contributed by atoms with van der Waals surface area (Å²) in [4.78, 5) is 2.64. The Balaban J connectivity index is 1.85. The normalized spacial score (nSPS) is 33.4. The van der Waals surface area contributed by atoms with Crippen molar-refractivity contribution in [1.29, 1.82) is 0 Å². The molecule has 0 aromatic heterocycles. The Morgan fingerprint density at radius 1 is 1.38 bits per heavy atom. The average molecular weight is 226 g/mol. The maximum absolute atomic E-state index is 5.61. The van der Waals surface area contributed by atoms with Crippen LogP contribution in [-0.4, -0.2) is 51.3 Å². The summed E-state index contributed by atoms with van der Waals surface area (Å²) in [5.41, 5.74) is 0.384. The molecule has 0 saturated carbocycles. The molecule has 1 N–H and O–H groups in total. The van der Waals surface area contributed by atoms with E-state index in [4.69, 9.17) is 4.74 Å². The van der Waals surface area contributed by atoms with Gasteiger partial charge in [0.2, 0.25) is 0 Å². The first-order chi connectivity index (χ1) is 7.74. The van der Waals surface area contributed by atoms with E-state index < -0.39 is 0 Å². The fraction of sp³-hybridized carbons (Fsp3) is 1.00. The van der Waals surface area contributed by atoms with E-state index in [1.165, 1.54) is 38.9 Å². The molecule has 0 amide bonds. The first-order valence-corrected chi connectivity index (χ1v) is 6.69. The first-order valence-electron chi connectivity index (χ1n) is 6.69. The standard InChI is InChI=1S/C13H26N2O/c1-12-3-6-15(7-4-12)10-13(9-14-2)5-8-16-11-13/h12,14H,3-11H2,1-2H3. The van der Waals surface area contributed by atoms with E-state index in [2.05, 4.69) is 24.2 Å². The number of nitrogens with one attached hydrogen (secondary N) is 1. The molecule has 2 rings (SSSR count). The highest BCUT2D eigenvalue weighted by molar-refractivity contribution is 4.89. The zero-order valence-electron chi connectivity index (χ0n) is 10.8. The maximum atomic E-state index is 5.61. The quantitative estimate of drug-likeness (QED) is 0.783. The molecule has 0 aliphatic carbocycles. The van der Waals surface area contributed by atoms with Crippen LogP contribution in [0.1, 0.15) is 26.2 Å². The van der Waals surface area contributed by atoms with Gasteiger partial charge in [0.1, 0.15) is 0 Å². The number of nitrogens with zero attached hydrogens (tertiary/aromatic N) is 1. The summed E-state index contributed by atoms with van der Waals surface area (Å²) in [5, 5.41) is 3.34. The van der Waals surface area contributed by atoms with Gasteiger partial charge < -0.3 is 15.0 Å². The molecule has 2 heterocycles. The van der Waals surface area contributed by atoms with Crippen molar-refractivity contribution in [3.05, 3.63) is 0 Å². The predicted molar refractivity (Wildman–Crippen MR) is 66.6 cm³/mol. The summed E-state index contributed by atoms with van der Waals surface area (Å²) in [6.07, 6.45) is 3.97. The highest BCUT2D eigenvalue weighted by Gasteiger charge is 2.36. The van der Waals surface area contributed by atoms with Crippen molar-refractivity contribution in [3.8, 4) is 0 Å². The highest BCUT2D eigenvalue weighted by Crippen LogP contribution is 2.30. The van der Waals surface area contributed by atoms with Crippen LogP contribution in [0.3, 0.4) is 0 Å². The Hall–Kier alpha value is -0.120. The molecule has 1 unspecified atom stereocenters. The lowest BCUT2D eigenvalue weighted by molar-refractivity contribution is 0.0905. The molecule has 0 aromatic rings. The van der Waals surface area contributed by atoms with Gasteiger partial charge in [0, 0.05) is 25.1 Å². The van der Waals surface area contributed by atoms with Crippen LogP contribution < -0.4 is 5.32 Å². The molecular formula is C13H26N2O. The largest absolute Gasteiger partial charge is 0.381 e. The molecule has 2 aliphatic rings. The van der Waals surface area contributed by atoms with E-state index in [1.807, 2.05) is 0 Å². The molecule has 0 radical (unpaired) electrons. The molecule has 3 nitrogen and oxygen atoms in total. The van der Waals surface area contributed by atoms with Crippen LogP contribution in [0.4, 0.5) is 0 Å². The third-order valence-corrected chi connectivity index (χ3v) is 4.17. The van der Waals surface area contributed by atoms with Crippen LogP contribution in [-0.2, 0) is 4.74 Å². The van der Waals surface area contributed by atoms with E-state index >= 15 is 0 Å². The van der Waals surface area contributed by atoms with Gasteiger partial charge in [0.25, 0.3) is 0 Å².